The lowest BCUT2D eigenvalue weighted by Crippen LogP contribution is -2.37. The summed E-state index contributed by atoms with van der Waals surface area (Å²) in [6.45, 7) is 9.53. The standard InChI is InChI=1S/C36H31NO2/c1-34(2)31-26(28-13-9-10-19-36(28,34)4)17-16-25-23-11-5-7-14-29(23)37(32(25)31)35(3)20-18-22-24-12-6-8-15-30(24)39-33(38)27(22)21-35/h5-18,20H,19,21H2,1-4H3. The summed E-state index contributed by atoms with van der Waals surface area (Å²) < 4.78 is 8.35. The number of benzene rings is 3. The highest BCUT2D eigenvalue weighted by Crippen LogP contribution is 2.63. The topological polar surface area (TPSA) is 35.1 Å². The summed E-state index contributed by atoms with van der Waals surface area (Å²) in [7, 11) is 0. The average molecular weight is 510 g/mol. The second-order valence-electron chi connectivity index (χ2n) is 12.6. The minimum Gasteiger partial charge on any atom is -0.422 e. The van der Waals surface area contributed by atoms with E-state index in [0.29, 0.717) is 12.0 Å². The Balaban J connectivity index is 1.47. The molecule has 192 valence electrons. The van der Waals surface area contributed by atoms with Crippen molar-refractivity contribution >= 4 is 44.4 Å². The third-order valence-corrected chi connectivity index (χ3v) is 10.3. The van der Waals surface area contributed by atoms with Gasteiger partial charge in [0.05, 0.1) is 11.1 Å². The van der Waals surface area contributed by atoms with Crippen molar-refractivity contribution in [3.05, 3.63) is 118 Å². The number of rotatable bonds is 1. The summed E-state index contributed by atoms with van der Waals surface area (Å²) in [5, 5.41) is 3.52. The highest BCUT2D eigenvalue weighted by Gasteiger charge is 2.53. The summed E-state index contributed by atoms with van der Waals surface area (Å²) in [5.41, 5.74) is 8.34. The maximum Gasteiger partial charge on any atom is 0.340 e. The molecule has 0 saturated carbocycles. The van der Waals surface area contributed by atoms with E-state index in [1.807, 2.05) is 24.3 Å². The van der Waals surface area contributed by atoms with Crippen LogP contribution in [0.3, 0.4) is 0 Å². The van der Waals surface area contributed by atoms with Crippen LogP contribution in [-0.4, -0.2) is 4.57 Å². The fourth-order valence-corrected chi connectivity index (χ4v) is 7.87. The second-order valence-corrected chi connectivity index (χ2v) is 12.6. The molecule has 3 heteroatoms. The Morgan fingerprint density at radius 1 is 0.872 bits per heavy atom. The van der Waals surface area contributed by atoms with Crippen LogP contribution in [0.1, 0.15) is 56.4 Å². The Kier molecular flexibility index (Phi) is 4.27. The molecule has 0 bridgehead atoms. The van der Waals surface area contributed by atoms with Gasteiger partial charge in [-0.2, -0.15) is 0 Å². The van der Waals surface area contributed by atoms with Crippen LogP contribution in [-0.2, 0) is 17.4 Å². The fourth-order valence-electron chi connectivity index (χ4n) is 7.87. The number of nitrogens with zero attached hydrogens (tertiary/aromatic N) is 1. The van der Waals surface area contributed by atoms with E-state index in [9.17, 15) is 4.79 Å². The summed E-state index contributed by atoms with van der Waals surface area (Å²) in [6, 6.07) is 21.2. The predicted molar refractivity (Wildman–Crippen MR) is 161 cm³/mol. The number of hydrogen-bond acceptors (Lipinski definition) is 2. The molecule has 3 aliphatic rings. The van der Waals surface area contributed by atoms with Crippen LogP contribution < -0.4 is 5.63 Å². The zero-order chi connectivity index (χ0) is 26.7. The van der Waals surface area contributed by atoms with Gasteiger partial charge in [-0.05, 0) is 47.7 Å². The first-order valence-electron chi connectivity index (χ1n) is 13.9. The Bertz CT molecular complexity index is 2050. The maximum absolute atomic E-state index is 13.3. The van der Waals surface area contributed by atoms with E-state index in [2.05, 4.69) is 99.0 Å². The Morgan fingerprint density at radius 3 is 2.49 bits per heavy atom. The number of allylic oxidation sites excluding steroid dienone is 5. The number of aromatic nitrogens is 1. The highest BCUT2D eigenvalue weighted by atomic mass is 16.4. The molecule has 0 amide bonds. The molecule has 0 radical (unpaired) electrons. The number of hydrogen-bond donors (Lipinski definition) is 0. The van der Waals surface area contributed by atoms with Crippen LogP contribution in [0.4, 0.5) is 0 Å². The molecule has 0 N–H and O–H groups in total. The fraction of sp³-hybridized carbons (Fsp3) is 0.250. The highest BCUT2D eigenvalue weighted by molar-refractivity contribution is 6.12. The van der Waals surface area contributed by atoms with Gasteiger partial charge in [-0.1, -0.05) is 99.7 Å². The second kappa shape index (κ2) is 7.30. The van der Waals surface area contributed by atoms with Crippen molar-refractivity contribution < 1.29 is 4.42 Å². The largest absolute Gasteiger partial charge is 0.422 e. The molecule has 0 saturated heterocycles. The van der Waals surface area contributed by atoms with Crippen LogP contribution in [0.2, 0.25) is 0 Å². The van der Waals surface area contributed by atoms with Crippen molar-refractivity contribution in [3.8, 4) is 0 Å². The van der Waals surface area contributed by atoms with Crippen molar-refractivity contribution in [1.29, 1.82) is 0 Å². The van der Waals surface area contributed by atoms with Gasteiger partial charge in [0, 0.05) is 44.5 Å². The minimum absolute atomic E-state index is 0.0234. The van der Waals surface area contributed by atoms with Gasteiger partial charge in [0.25, 0.3) is 0 Å². The van der Waals surface area contributed by atoms with Crippen molar-refractivity contribution in [1.82, 2.24) is 4.57 Å². The van der Waals surface area contributed by atoms with E-state index in [-0.39, 0.29) is 16.5 Å². The van der Waals surface area contributed by atoms with Crippen LogP contribution in [0.25, 0.3) is 44.4 Å². The first-order chi connectivity index (χ1) is 18.7. The van der Waals surface area contributed by atoms with Gasteiger partial charge in [0.1, 0.15) is 5.58 Å². The van der Waals surface area contributed by atoms with Crippen molar-refractivity contribution in [2.45, 2.75) is 51.5 Å². The summed E-state index contributed by atoms with van der Waals surface area (Å²) >= 11 is 0. The van der Waals surface area contributed by atoms with Crippen molar-refractivity contribution in [3.63, 3.8) is 0 Å². The monoisotopic (exact) mass is 509 g/mol. The van der Waals surface area contributed by atoms with Gasteiger partial charge >= 0.3 is 5.63 Å². The van der Waals surface area contributed by atoms with Gasteiger partial charge in [-0.25, -0.2) is 4.79 Å². The SMILES string of the molecule is CC1(n2c3ccccc3c3ccc4c(c32)C(C)(C)C2(C)CC=CC=C42)C=Cc2c(c(=O)oc3ccccc23)C1. The zero-order valence-electron chi connectivity index (χ0n) is 22.8. The van der Waals surface area contributed by atoms with Gasteiger partial charge in [0.15, 0.2) is 0 Å². The molecule has 8 rings (SSSR count). The molecule has 0 spiro atoms. The summed E-state index contributed by atoms with van der Waals surface area (Å²) in [5.74, 6) is 0. The number of para-hydroxylation sites is 2. The van der Waals surface area contributed by atoms with Crippen molar-refractivity contribution in [2.75, 3.05) is 0 Å². The summed E-state index contributed by atoms with van der Waals surface area (Å²) in [4.78, 5) is 13.3. The molecule has 0 aliphatic heterocycles. The molecule has 3 aliphatic carbocycles. The smallest absolute Gasteiger partial charge is 0.340 e. The Hall–Kier alpha value is -4.11. The van der Waals surface area contributed by atoms with Crippen LogP contribution in [0, 0.1) is 5.41 Å². The van der Waals surface area contributed by atoms with Gasteiger partial charge in [-0.15, -0.1) is 0 Å². The molecule has 2 atom stereocenters. The molecule has 2 unspecified atom stereocenters. The normalized spacial score (nSPS) is 24.7. The first-order valence-corrected chi connectivity index (χ1v) is 13.9. The van der Waals surface area contributed by atoms with E-state index < -0.39 is 5.54 Å². The first kappa shape index (κ1) is 22.8. The quantitative estimate of drug-likeness (QED) is 0.212. The number of fused-ring (bicyclic) bond motifs is 10. The van der Waals surface area contributed by atoms with E-state index in [0.717, 1.165) is 22.9 Å². The molecular formula is C36H31NO2. The Labute approximate surface area is 227 Å². The third kappa shape index (κ3) is 2.70. The van der Waals surface area contributed by atoms with Gasteiger partial charge < -0.3 is 8.98 Å². The molecule has 3 nitrogen and oxygen atoms in total. The van der Waals surface area contributed by atoms with Crippen LogP contribution in [0.5, 0.6) is 0 Å². The van der Waals surface area contributed by atoms with Gasteiger partial charge in [-0.3, -0.25) is 0 Å². The minimum atomic E-state index is -0.446. The Morgan fingerprint density at radius 2 is 1.64 bits per heavy atom. The lowest BCUT2D eigenvalue weighted by atomic mass is 9.62. The average Bonchev–Trinajstić information content (AvgIpc) is 3.36. The molecule has 0 fully saturated rings. The summed E-state index contributed by atoms with van der Waals surface area (Å²) in [6.07, 6.45) is 12.9. The third-order valence-electron chi connectivity index (χ3n) is 10.3. The lowest BCUT2D eigenvalue weighted by Gasteiger charge is -2.41. The molecule has 2 aromatic heterocycles. The molecule has 5 aromatic rings. The zero-order valence-corrected chi connectivity index (χ0v) is 22.8. The molecular weight excluding hydrogens is 478 g/mol. The van der Waals surface area contributed by atoms with Crippen LogP contribution >= 0.6 is 0 Å². The van der Waals surface area contributed by atoms with E-state index in [4.69, 9.17) is 4.42 Å². The van der Waals surface area contributed by atoms with Gasteiger partial charge in [0.2, 0.25) is 0 Å². The molecule has 2 heterocycles. The maximum atomic E-state index is 13.3. The predicted octanol–water partition coefficient (Wildman–Crippen LogP) is 8.53. The van der Waals surface area contributed by atoms with E-state index in [1.54, 1.807) is 0 Å². The lowest BCUT2D eigenvalue weighted by molar-refractivity contribution is 0.272. The van der Waals surface area contributed by atoms with Crippen LogP contribution in [0.15, 0.2) is 94.2 Å². The van der Waals surface area contributed by atoms with Crippen molar-refractivity contribution in [2.24, 2.45) is 5.41 Å². The van der Waals surface area contributed by atoms with E-state index in [1.165, 1.54) is 38.5 Å². The van der Waals surface area contributed by atoms with E-state index >= 15 is 0 Å². The molecule has 39 heavy (non-hydrogen) atoms. The molecule has 3 aromatic carbocycles.